The maximum atomic E-state index is 13.5. The molecule has 0 spiro atoms. The summed E-state index contributed by atoms with van der Waals surface area (Å²) in [6, 6.07) is 12.7. The number of halogens is 3. The Morgan fingerprint density at radius 3 is 2.52 bits per heavy atom. The first-order valence-corrected chi connectivity index (χ1v) is 8.59. The number of hydrogen-bond donors (Lipinski definition) is 0. The Morgan fingerprint density at radius 2 is 1.89 bits per heavy atom. The van der Waals surface area contributed by atoms with E-state index in [2.05, 4.69) is 10.1 Å². The van der Waals surface area contributed by atoms with E-state index < -0.39 is 11.9 Å². The van der Waals surface area contributed by atoms with Gasteiger partial charge in [0.1, 0.15) is 16.5 Å². The fourth-order valence-electron chi connectivity index (χ4n) is 2.51. The lowest BCUT2D eigenvalue weighted by atomic mass is 10.3. The number of furan rings is 1. The van der Waals surface area contributed by atoms with Crippen molar-refractivity contribution in [2.75, 3.05) is 7.11 Å². The van der Waals surface area contributed by atoms with Gasteiger partial charge >= 0.3 is 6.18 Å². The highest BCUT2D eigenvalue weighted by Crippen LogP contribution is 2.35. The molecule has 1 aromatic carbocycles. The predicted octanol–water partition coefficient (Wildman–Crippen LogP) is 5.17. The second-order valence-corrected chi connectivity index (χ2v) is 6.63. The van der Waals surface area contributed by atoms with E-state index in [9.17, 15) is 13.2 Å². The van der Waals surface area contributed by atoms with Crippen LogP contribution < -0.4 is 4.74 Å². The molecule has 4 aromatic rings. The van der Waals surface area contributed by atoms with Gasteiger partial charge in [-0.15, -0.1) is 0 Å². The molecule has 0 atom stereocenters. The Labute approximate surface area is 155 Å². The van der Waals surface area contributed by atoms with E-state index in [-0.39, 0.29) is 16.4 Å². The van der Waals surface area contributed by atoms with Gasteiger partial charge < -0.3 is 9.15 Å². The quantitative estimate of drug-likeness (QED) is 0.450. The number of alkyl halides is 3. The summed E-state index contributed by atoms with van der Waals surface area (Å²) in [5.41, 5.74) is -0.529. The molecule has 0 unspecified atom stereocenters. The van der Waals surface area contributed by atoms with Gasteiger partial charge in [0, 0.05) is 17.0 Å². The number of fused-ring (bicyclic) bond motifs is 1. The van der Waals surface area contributed by atoms with Crippen LogP contribution in [0.3, 0.4) is 0 Å². The molecule has 0 fully saturated rings. The predicted molar refractivity (Wildman–Crippen MR) is 92.8 cm³/mol. The molecule has 0 bridgehead atoms. The minimum absolute atomic E-state index is 0.0900. The first kappa shape index (κ1) is 17.5. The van der Waals surface area contributed by atoms with E-state index in [1.54, 1.807) is 43.5 Å². The van der Waals surface area contributed by atoms with Gasteiger partial charge in [0.05, 0.1) is 13.4 Å². The lowest BCUT2D eigenvalue weighted by Gasteiger charge is -2.10. The van der Waals surface area contributed by atoms with Crippen LogP contribution in [0.4, 0.5) is 13.2 Å². The molecule has 3 aromatic heterocycles. The number of hydrogen-bond acceptors (Lipinski definition) is 5. The van der Waals surface area contributed by atoms with Crippen molar-refractivity contribution in [1.82, 2.24) is 14.6 Å². The summed E-state index contributed by atoms with van der Waals surface area (Å²) in [4.78, 5) is 5.05. The molecule has 0 N–H and O–H groups in total. The Kier molecular flexibility index (Phi) is 4.31. The van der Waals surface area contributed by atoms with Crippen LogP contribution in [0, 0.1) is 0 Å². The summed E-state index contributed by atoms with van der Waals surface area (Å²) >= 11 is 1.13. The Balaban J connectivity index is 1.79. The molecule has 0 aliphatic rings. The molecule has 9 heteroatoms. The van der Waals surface area contributed by atoms with E-state index in [4.69, 9.17) is 9.15 Å². The van der Waals surface area contributed by atoms with E-state index in [0.717, 1.165) is 27.2 Å². The summed E-state index contributed by atoms with van der Waals surface area (Å²) in [5, 5.41) is 4.22. The van der Waals surface area contributed by atoms with Gasteiger partial charge in [-0.25, -0.2) is 9.50 Å². The van der Waals surface area contributed by atoms with Gasteiger partial charge in [0.15, 0.2) is 17.1 Å². The van der Waals surface area contributed by atoms with E-state index >= 15 is 0 Å². The van der Waals surface area contributed by atoms with Crippen molar-refractivity contribution in [3.63, 3.8) is 0 Å². The fourth-order valence-corrected chi connectivity index (χ4v) is 3.34. The number of aromatic nitrogens is 3. The molecule has 0 saturated heterocycles. The van der Waals surface area contributed by atoms with Crippen LogP contribution in [0.25, 0.3) is 17.1 Å². The molecule has 27 heavy (non-hydrogen) atoms. The van der Waals surface area contributed by atoms with Crippen molar-refractivity contribution >= 4 is 17.4 Å². The van der Waals surface area contributed by atoms with Gasteiger partial charge in [0.2, 0.25) is 0 Å². The first-order valence-electron chi connectivity index (χ1n) is 7.78. The van der Waals surface area contributed by atoms with Crippen LogP contribution in [-0.2, 0) is 6.18 Å². The van der Waals surface area contributed by atoms with Crippen LogP contribution in [0.2, 0.25) is 0 Å². The number of benzene rings is 1. The van der Waals surface area contributed by atoms with Gasteiger partial charge in [-0.2, -0.15) is 18.3 Å². The fraction of sp³-hybridized carbons (Fsp3) is 0.111. The van der Waals surface area contributed by atoms with Crippen LogP contribution in [-0.4, -0.2) is 21.7 Å². The topological polar surface area (TPSA) is 52.6 Å². The lowest BCUT2D eigenvalue weighted by Crippen LogP contribution is -2.13. The van der Waals surface area contributed by atoms with Gasteiger partial charge in [-0.05, 0) is 36.4 Å². The Bertz CT molecular complexity index is 1070. The number of ether oxygens (including phenoxy) is 1. The van der Waals surface area contributed by atoms with Crippen molar-refractivity contribution in [2.45, 2.75) is 16.1 Å². The van der Waals surface area contributed by atoms with Gasteiger partial charge in [0.25, 0.3) is 0 Å². The highest BCUT2D eigenvalue weighted by Gasteiger charge is 2.35. The third-order valence-corrected chi connectivity index (χ3v) is 4.68. The summed E-state index contributed by atoms with van der Waals surface area (Å²) in [5.74, 6) is 1.04. The zero-order chi connectivity index (χ0) is 19.0. The highest BCUT2D eigenvalue weighted by molar-refractivity contribution is 7.99. The van der Waals surface area contributed by atoms with Gasteiger partial charge in [-0.3, -0.25) is 0 Å². The Hall–Kier alpha value is -2.94. The summed E-state index contributed by atoms with van der Waals surface area (Å²) in [6.45, 7) is 0. The highest BCUT2D eigenvalue weighted by atomic mass is 32.2. The monoisotopic (exact) mass is 391 g/mol. The van der Waals surface area contributed by atoms with Crippen LogP contribution in [0.5, 0.6) is 5.75 Å². The maximum absolute atomic E-state index is 13.5. The normalized spacial score (nSPS) is 11.9. The van der Waals surface area contributed by atoms with E-state index in [1.165, 1.54) is 12.3 Å². The van der Waals surface area contributed by atoms with Crippen molar-refractivity contribution in [3.05, 3.63) is 60.5 Å². The van der Waals surface area contributed by atoms with Crippen LogP contribution >= 0.6 is 11.8 Å². The lowest BCUT2D eigenvalue weighted by molar-refractivity contribution is -0.142. The number of rotatable bonds is 4. The number of nitrogens with zero attached hydrogens (tertiary/aromatic N) is 3. The molecule has 5 nitrogen and oxygen atoms in total. The first-order chi connectivity index (χ1) is 12.9. The largest absolute Gasteiger partial charge is 0.497 e. The second kappa shape index (κ2) is 6.66. The molecule has 0 radical (unpaired) electrons. The summed E-state index contributed by atoms with van der Waals surface area (Å²) in [6.07, 6.45) is -3.15. The molecule has 0 aliphatic carbocycles. The molecular formula is C18H12F3N3O2S. The van der Waals surface area contributed by atoms with E-state index in [0.29, 0.717) is 11.5 Å². The van der Waals surface area contributed by atoms with Crippen molar-refractivity contribution < 1.29 is 22.3 Å². The minimum Gasteiger partial charge on any atom is -0.497 e. The average Bonchev–Trinajstić information content (AvgIpc) is 3.30. The third-order valence-electron chi connectivity index (χ3n) is 3.75. The standard InChI is InChI=1S/C18H12F3N3O2S/c1-25-11-4-6-12(7-5-11)27-17-10-15(18(19,20)21)24-16(22-17)9-13(23-24)14-3-2-8-26-14/h2-10H,1H3. The molecular weight excluding hydrogens is 379 g/mol. The minimum atomic E-state index is -4.58. The maximum Gasteiger partial charge on any atom is 0.433 e. The van der Waals surface area contributed by atoms with Gasteiger partial charge in [-0.1, -0.05) is 11.8 Å². The molecule has 3 heterocycles. The second-order valence-electron chi connectivity index (χ2n) is 5.53. The molecule has 4 rings (SSSR count). The third kappa shape index (κ3) is 3.50. The number of methoxy groups -OCH3 is 1. The van der Waals surface area contributed by atoms with Crippen molar-refractivity contribution in [3.8, 4) is 17.2 Å². The average molecular weight is 391 g/mol. The smallest absolute Gasteiger partial charge is 0.433 e. The molecule has 0 aliphatic heterocycles. The zero-order valence-electron chi connectivity index (χ0n) is 13.9. The van der Waals surface area contributed by atoms with Crippen LogP contribution in [0.1, 0.15) is 5.69 Å². The summed E-state index contributed by atoms with van der Waals surface area (Å²) < 4.78 is 51.7. The molecule has 0 saturated carbocycles. The molecule has 138 valence electrons. The summed E-state index contributed by atoms with van der Waals surface area (Å²) in [7, 11) is 1.55. The zero-order valence-corrected chi connectivity index (χ0v) is 14.7. The van der Waals surface area contributed by atoms with Crippen LogP contribution in [0.15, 0.2) is 69.1 Å². The molecule has 0 amide bonds. The van der Waals surface area contributed by atoms with E-state index in [1.807, 2.05) is 0 Å². The Morgan fingerprint density at radius 1 is 1.11 bits per heavy atom. The van der Waals surface area contributed by atoms with Crippen molar-refractivity contribution in [2.24, 2.45) is 0 Å². The van der Waals surface area contributed by atoms with Crippen molar-refractivity contribution in [1.29, 1.82) is 0 Å². The SMILES string of the molecule is COc1ccc(Sc2cc(C(F)(F)F)n3nc(-c4ccco4)cc3n2)cc1.